The SMILES string of the molecule is Cc1cccc(C)c1OCc1ccc(C(=O)NCCn2cc(Cl)cn2)cc1. The molecule has 6 heteroatoms. The number of benzene rings is 2. The van der Waals surface area contributed by atoms with Crippen molar-refractivity contribution in [2.75, 3.05) is 6.54 Å². The molecule has 1 aromatic heterocycles. The van der Waals surface area contributed by atoms with Crippen LogP contribution in [0.1, 0.15) is 27.0 Å². The van der Waals surface area contributed by atoms with E-state index in [1.54, 1.807) is 17.1 Å². The van der Waals surface area contributed by atoms with Gasteiger partial charge in [0.25, 0.3) is 5.91 Å². The zero-order chi connectivity index (χ0) is 19.2. The van der Waals surface area contributed by atoms with Crippen molar-refractivity contribution in [2.45, 2.75) is 27.0 Å². The van der Waals surface area contributed by atoms with Gasteiger partial charge in [-0.15, -0.1) is 0 Å². The Morgan fingerprint density at radius 3 is 2.48 bits per heavy atom. The Hall–Kier alpha value is -2.79. The van der Waals surface area contributed by atoms with Gasteiger partial charge in [-0.05, 0) is 42.7 Å². The first-order chi connectivity index (χ1) is 13.0. The van der Waals surface area contributed by atoms with Crippen molar-refractivity contribution in [3.05, 3.63) is 82.1 Å². The molecule has 5 nitrogen and oxygen atoms in total. The Morgan fingerprint density at radius 1 is 1.15 bits per heavy atom. The number of rotatable bonds is 7. The van der Waals surface area contributed by atoms with Crippen LogP contribution in [0.2, 0.25) is 5.02 Å². The van der Waals surface area contributed by atoms with Crippen LogP contribution in [0.3, 0.4) is 0 Å². The van der Waals surface area contributed by atoms with E-state index in [2.05, 4.69) is 10.4 Å². The number of aromatic nitrogens is 2. The van der Waals surface area contributed by atoms with Crippen molar-refractivity contribution in [1.82, 2.24) is 15.1 Å². The molecule has 1 amide bonds. The second kappa shape index (κ2) is 8.73. The topological polar surface area (TPSA) is 56.1 Å². The molecule has 2 aromatic carbocycles. The number of halogens is 1. The predicted octanol–water partition coefficient (Wildman–Crippen LogP) is 4.16. The molecule has 1 N–H and O–H groups in total. The van der Waals surface area contributed by atoms with Crippen molar-refractivity contribution in [3.63, 3.8) is 0 Å². The lowest BCUT2D eigenvalue weighted by Crippen LogP contribution is -2.27. The number of carbonyl (C=O) groups excluding carboxylic acids is 1. The van der Waals surface area contributed by atoms with E-state index in [1.165, 1.54) is 0 Å². The van der Waals surface area contributed by atoms with Gasteiger partial charge >= 0.3 is 0 Å². The maximum absolute atomic E-state index is 12.2. The molecule has 1 heterocycles. The quantitative estimate of drug-likeness (QED) is 0.666. The Kier molecular flexibility index (Phi) is 6.14. The first-order valence-corrected chi connectivity index (χ1v) is 9.15. The number of hydrogen-bond acceptors (Lipinski definition) is 3. The largest absolute Gasteiger partial charge is 0.488 e. The van der Waals surface area contributed by atoms with Crippen LogP contribution in [-0.4, -0.2) is 22.2 Å². The fourth-order valence-corrected chi connectivity index (χ4v) is 2.94. The van der Waals surface area contributed by atoms with Crippen molar-refractivity contribution >= 4 is 17.5 Å². The lowest BCUT2D eigenvalue weighted by Gasteiger charge is -2.12. The Morgan fingerprint density at radius 2 is 1.85 bits per heavy atom. The minimum Gasteiger partial charge on any atom is -0.488 e. The smallest absolute Gasteiger partial charge is 0.251 e. The first-order valence-electron chi connectivity index (χ1n) is 8.77. The fourth-order valence-electron chi connectivity index (χ4n) is 2.78. The van der Waals surface area contributed by atoms with E-state index in [-0.39, 0.29) is 5.91 Å². The summed E-state index contributed by atoms with van der Waals surface area (Å²) < 4.78 is 7.64. The summed E-state index contributed by atoms with van der Waals surface area (Å²) in [5.41, 5.74) is 3.86. The van der Waals surface area contributed by atoms with Crippen LogP contribution in [0.25, 0.3) is 0 Å². The zero-order valence-electron chi connectivity index (χ0n) is 15.4. The molecule has 0 fully saturated rings. The van der Waals surface area contributed by atoms with E-state index < -0.39 is 0 Å². The lowest BCUT2D eigenvalue weighted by atomic mass is 10.1. The molecule has 0 bridgehead atoms. The van der Waals surface area contributed by atoms with Crippen LogP contribution in [0.4, 0.5) is 0 Å². The molecule has 0 saturated heterocycles. The Labute approximate surface area is 163 Å². The average molecular weight is 384 g/mol. The summed E-state index contributed by atoms with van der Waals surface area (Å²) in [5, 5.41) is 7.53. The standard InChI is InChI=1S/C21H22ClN3O2/c1-15-4-3-5-16(2)20(15)27-14-17-6-8-18(9-7-17)21(26)23-10-11-25-13-19(22)12-24-25/h3-9,12-13H,10-11,14H2,1-2H3,(H,23,26). The highest BCUT2D eigenvalue weighted by Crippen LogP contribution is 2.23. The van der Waals surface area contributed by atoms with Gasteiger partial charge in [0.15, 0.2) is 0 Å². The van der Waals surface area contributed by atoms with Gasteiger partial charge in [0.2, 0.25) is 0 Å². The molecule has 0 aliphatic carbocycles. The maximum Gasteiger partial charge on any atom is 0.251 e. The highest BCUT2D eigenvalue weighted by molar-refractivity contribution is 6.30. The van der Waals surface area contributed by atoms with E-state index >= 15 is 0 Å². The molecule has 0 atom stereocenters. The summed E-state index contributed by atoms with van der Waals surface area (Å²) in [6.45, 7) is 5.59. The summed E-state index contributed by atoms with van der Waals surface area (Å²) in [5.74, 6) is 0.800. The Balaban J connectivity index is 1.51. The van der Waals surface area contributed by atoms with Gasteiger partial charge in [0.05, 0.1) is 17.8 Å². The average Bonchev–Trinajstić information content (AvgIpc) is 3.07. The molecule has 0 spiro atoms. The van der Waals surface area contributed by atoms with Crippen LogP contribution in [0.5, 0.6) is 5.75 Å². The molecule has 3 rings (SSSR count). The second-order valence-electron chi connectivity index (χ2n) is 6.38. The second-order valence-corrected chi connectivity index (χ2v) is 6.82. The van der Waals surface area contributed by atoms with Crippen molar-refractivity contribution in [1.29, 1.82) is 0 Å². The molecule has 3 aromatic rings. The summed E-state index contributed by atoms with van der Waals surface area (Å²) in [4.78, 5) is 12.2. The number of hydrogen-bond donors (Lipinski definition) is 1. The van der Waals surface area contributed by atoms with Crippen LogP contribution in [0, 0.1) is 13.8 Å². The molecule has 140 valence electrons. The van der Waals surface area contributed by atoms with Crippen LogP contribution in [0.15, 0.2) is 54.9 Å². The van der Waals surface area contributed by atoms with Crippen LogP contribution in [-0.2, 0) is 13.2 Å². The van der Waals surface area contributed by atoms with Crippen molar-refractivity contribution in [3.8, 4) is 5.75 Å². The van der Waals surface area contributed by atoms with Gasteiger partial charge in [-0.3, -0.25) is 9.48 Å². The number of aryl methyl sites for hydroxylation is 2. The van der Waals surface area contributed by atoms with Gasteiger partial charge in [-0.1, -0.05) is 41.9 Å². The van der Waals surface area contributed by atoms with E-state index in [1.807, 2.05) is 56.3 Å². The third kappa shape index (κ3) is 5.11. The third-order valence-electron chi connectivity index (χ3n) is 4.24. The minimum absolute atomic E-state index is 0.115. The van der Waals surface area contributed by atoms with E-state index in [0.29, 0.717) is 30.3 Å². The lowest BCUT2D eigenvalue weighted by molar-refractivity contribution is 0.0952. The Bertz CT molecular complexity index is 899. The fraction of sp³-hybridized carbons (Fsp3) is 0.238. The number of para-hydroxylation sites is 1. The van der Waals surface area contributed by atoms with Crippen molar-refractivity contribution in [2.24, 2.45) is 0 Å². The predicted molar refractivity (Wildman–Crippen MR) is 106 cm³/mol. The number of amides is 1. The van der Waals surface area contributed by atoms with Gasteiger partial charge in [-0.25, -0.2) is 0 Å². The molecule has 0 unspecified atom stereocenters. The molecule has 27 heavy (non-hydrogen) atoms. The highest BCUT2D eigenvalue weighted by atomic mass is 35.5. The summed E-state index contributed by atoms with van der Waals surface area (Å²) in [6, 6.07) is 13.5. The van der Waals surface area contributed by atoms with Crippen LogP contribution >= 0.6 is 11.6 Å². The maximum atomic E-state index is 12.2. The van der Waals surface area contributed by atoms with E-state index in [4.69, 9.17) is 16.3 Å². The molecular formula is C21H22ClN3O2. The summed E-state index contributed by atoms with van der Waals surface area (Å²) in [7, 11) is 0. The van der Waals surface area contributed by atoms with E-state index in [0.717, 1.165) is 22.4 Å². The normalized spacial score (nSPS) is 10.6. The molecule has 0 aliphatic heterocycles. The number of nitrogens with one attached hydrogen (secondary N) is 1. The van der Waals surface area contributed by atoms with Crippen molar-refractivity contribution < 1.29 is 9.53 Å². The number of nitrogens with zero attached hydrogens (tertiary/aromatic N) is 2. The summed E-state index contributed by atoms with van der Waals surface area (Å²) in [6.07, 6.45) is 3.29. The number of carbonyl (C=O) groups is 1. The number of ether oxygens (including phenoxy) is 1. The van der Waals surface area contributed by atoms with Gasteiger partial charge in [0, 0.05) is 18.3 Å². The van der Waals surface area contributed by atoms with Gasteiger partial charge in [0.1, 0.15) is 12.4 Å². The van der Waals surface area contributed by atoms with Gasteiger partial charge < -0.3 is 10.1 Å². The zero-order valence-corrected chi connectivity index (χ0v) is 16.2. The van der Waals surface area contributed by atoms with Crippen LogP contribution < -0.4 is 10.1 Å². The van der Waals surface area contributed by atoms with Gasteiger partial charge in [-0.2, -0.15) is 5.10 Å². The first kappa shape index (κ1) is 19.0. The third-order valence-corrected chi connectivity index (χ3v) is 4.43. The molecule has 0 radical (unpaired) electrons. The molecular weight excluding hydrogens is 362 g/mol. The summed E-state index contributed by atoms with van der Waals surface area (Å²) >= 11 is 5.81. The van der Waals surface area contributed by atoms with E-state index in [9.17, 15) is 4.79 Å². The minimum atomic E-state index is -0.115. The monoisotopic (exact) mass is 383 g/mol. The molecule has 0 saturated carbocycles. The molecule has 0 aliphatic rings. The highest BCUT2D eigenvalue weighted by Gasteiger charge is 2.07.